The fourth-order valence-electron chi connectivity index (χ4n) is 3.47. The van der Waals surface area contributed by atoms with Crippen LogP contribution in [0.25, 0.3) is 22.2 Å². The third-order valence-electron chi connectivity index (χ3n) is 5.09. The molecule has 1 aliphatic carbocycles. The van der Waals surface area contributed by atoms with E-state index in [0.29, 0.717) is 11.7 Å². The number of hydrogen-bond donors (Lipinski definition) is 1. The van der Waals surface area contributed by atoms with Crippen LogP contribution in [0.3, 0.4) is 0 Å². The van der Waals surface area contributed by atoms with Crippen molar-refractivity contribution in [1.82, 2.24) is 14.8 Å². The minimum atomic E-state index is 0.632. The van der Waals surface area contributed by atoms with Crippen molar-refractivity contribution >= 4 is 22.3 Å². The van der Waals surface area contributed by atoms with Crippen LogP contribution in [0.1, 0.15) is 18.7 Å². The van der Waals surface area contributed by atoms with Gasteiger partial charge in [0.15, 0.2) is 11.7 Å². The van der Waals surface area contributed by atoms with Crippen LogP contribution in [-0.4, -0.2) is 21.9 Å². The lowest BCUT2D eigenvalue weighted by Crippen LogP contribution is -2.00. The van der Waals surface area contributed by atoms with E-state index in [2.05, 4.69) is 39.4 Å². The van der Waals surface area contributed by atoms with Crippen molar-refractivity contribution in [2.45, 2.75) is 26.3 Å². The van der Waals surface area contributed by atoms with Gasteiger partial charge in [-0.2, -0.15) is 5.10 Å². The van der Waals surface area contributed by atoms with Gasteiger partial charge in [0.1, 0.15) is 11.3 Å². The quantitative estimate of drug-likeness (QED) is 0.505. The molecule has 1 N–H and O–H groups in total. The summed E-state index contributed by atoms with van der Waals surface area (Å²) < 4.78 is 13.3. The van der Waals surface area contributed by atoms with E-state index in [1.54, 1.807) is 13.3 Å². The van der Waals surface area contributed by atoms with Gasteiger partial charge in [-0.1, -0.05) is 12.1 Å². The van der Waals surface area contributed by atoms with Crippen LogP contribution in [0.2, 0.25) is 0 Å². The molecule has 2 heterocycles. The van der Waals surface area contributed by atoms with Crippen LogP contribution in [0, 0.1) is 12.8 Å². The smallest absolute Gasteiger partial charge is 0.191 e. The molecule has 6 nitrogen and oxygen atoms in total. The Hall–Kier alpha value is -3.28. The predicted molar refractivity (Wildman–Crippen MR) is 109 cm³/mol. The van der Waals surface area contributed by atoms with Gasteiger partial charge < -0.3 is 14.5 Å². The first-order valence-electron chi connectivity index (χ1n) is 9.53. The molecule has 2 aromatic carbocycles. The van der Waals surface area contributed by atoms with Gasteiger partial charge in [-0.15, -0.1) is 0 Å². The summed E-state index contributed by atoms with van der Waals surface area (Å²) in [5.41, 5.74) is 3.77. The summed E-state index contributed by atoms with van der Waals surface area (Å²) in [6.45, 7) is 2.84. The Morgan fingerprint density at radius 2 is 2.14 bits per heavy atom. The summed E-state index contributed by atoms with van der Waals surface area (Å²) in [5, 5.41) is 9.43. The Morgan fingerprint density at radius 3 is 2.89 bits per heavy atom. The second-order valence-electron chi connectivity index (χ2n) is 7.32. The zero-order chi connectivity index (χ0) is 19.1. The molecule has 0 radical (unpaired) electrons. The second kappa shape index (κ2) is 6.71. The van der Waals surface area contributed by atoms with Gasteiger partial charge in [-0.3, -0.25) is 4.68 Å². The number of oxazole rings is 1. The van der Waals surface area contributed by atoms with Gasteiger partial charge in [0.2, 0.25) is 0 Å². The number of hydrogen-bond acceptors (Lipinski definition) is 5. The Balaban J connectivity index is 1.46. The molecule has 4 aromatic rings. The van der Waals surface area contributed by atoms with Gasteiger partial charge in [0.05, 0.1) is 24.6 Å². The van der Waals surface area contributed by atoms with E-state index in [1.807, 2.05) is 25.1 Å². The fraction of sp³-hybridized carbons (Fsp3) is 0.273. The van der Waals surface area contributed by atoms with E-state index in [-0.39, 0.29) is 0 Å². The molecule has 0 bridgehead atoms. The summed E-state index contributed by atoms with van der Waals surface area (Å²) in [6.07, 6.45) is 6.48. The molecule has 0 aliphatic heterocycles. The van der Waals surface area contributed by atoms with Gasteiger partial charge in [0.25, 0.3) is 0 Å². The Kier molecular flexibility index (Phi) is 4.04. The van der Waals surface area contributed by atoms with Crippen LogP contribution in [0.5, 0.6) is 5.75 Å². The predicted octanol–water partition coefficient (Wildman–Crippen LogP) is 5.16. The zero-order valence-corrected chi connectivity index (χ0v) is 16.0. The molecule has 1 aliphatic rings. The first kappa shape index (κ1) is 16.9. The average Bonchev–Trinajstić information content (AvgIpc) is 3.24. The molecular weight excluding hydrogens is 352 g/mol. The minimum Gasteiger partial charge on any atom is -0.496 e. The maximum absolute atomic E-state index is 5.64. The van der Waals surface area contributed by atoms with Crippen molar-refractivity contribution in [3.8, 4) is 17.1 Å². The van der Waals surface area contributed by atoms with E-state index in [4.69, 9.17) is 14.3 Å². The number of aromatic nitrogens is 3. The standard InChI is InChI=1S/C22H22N4O2/c1-14-23-11-21(28-14)18-9-8-17(10-20(18)27-2)24-19-5-3-4-16-13-26(25-22(16)19)12-15-6-7-15/h3-5,8-11,13,15,24H,6-7,12H2,1-2H3. The van der Waals surface area contributed by atoms with Crippen molar-refractivity contribution in [1.29, 1.82) is 0 Å². The minimum absolute atomic E-state index is 0.632. The SMILES string of the molecule is COc1cc(Nc2cccc3cn(CC4CC4)nc23)ccc1-c1cnc(C)o1. The second-order valence-corrected chi connectivity index (χ2v) is 7.32. The fourth-order valence-corrected chi connectivity index (χ4v) is 3.47. The molecule has 0 saturated heterocycles. The molecule has 6 heteroatoms. The number of nitrogens with zero attached hydrogens (tertiary/aromatic N) is 3. The maximum Gasteiger partial charge on any atom is 0.191 e. The number of fused-ring (bicyclic) bond motifs is 1. The van der Waals surface area contributed by atoms with Gasteiger partial charge in [0, 0.05) is 36.8 Å². The van der Waals surface area contributed by atoms with Crippen molar-refractivity contribution in [2.24, 2.45) is 5.92 Å². The van der Waals surface area contributed by atoms with Crippen LogP contribution in [-0.2, 0) is 6.54 Å². The van der Waals surface area contributed by atoms with Crippen molar-refractivity contribution in [3.63, 3.8) is 0 Å². The molecule has 28 heavy (non-hydrogen) atoms. The van der Waals surface area contributed by atoms with Crippen LogP contribution < -0.4 is 10.1 Å². The van der Waals surface area contributed by atoms with Gasteiger partial charge >= 0.3 is 0 Å². The average molecular weight is 374 g/mol. The molecule has 0 atom stereocenters. The summed E-state index contributed by atoms with van der Waals surface area (Å²) in [4.78, 5) is 4.17. The number of nitrogens with one attached hydrogen (secondary N) is 1. The van der Waals surface area contributed by atoms with Crippen molar-refractivity contribution in [2.75, 3.05) is 12.4 Å². The van der Waals surface area contributed by atoms with Crippen molar-refractivity contribution in [3.05, 3.63) is 54.7 Å². The van der Waals surface area contributed by atoms with Crippen LogP contribution in [0.4, 0.5) is 11.4 Å². The van der Waals surface area contributed by atoms with E-state index >= 15 is 0 Å². The van der Waals surface area contributed by atoms with Crippen molar-refractivity contribution < 1.29 is 9.15 Å². The summed E-state index contributed by atoms with van der Waals surface area (Å²) in [7, 11) is 1.66. The largest absolute Gasteiger partial charge is 0.496 e. The van der Waals surface area contributed by atoms with Crippen LogP contribution >= 0.6 is 0 Å². The molecular formula is C22H22N4O2. The molecule has 0 unspecified atom stereocenters. The maximum atomic E-state index is 5.64. The number of benzene rings is 2. The Bertz CT molecular complexity index is 1140. The topological polar surface area (TPSA) is 65.1 Å². The molecule has 142 valence electrons. The normalized spacial score (nSPS) is 13.8. The summed E-state index contributed by atoms with van der Waals surface area (Å²) >= 11 is 0. The first-order chi connectivity index (χ1) is 13.7. The van der Waals surface area contributed by atoms with Crippen LogP contribution in [0.15, 0.2) is 53.2 Å². The van der Waals surface area contributed by atoms with E-state index < -0.39 is 0 Å². The van der Waals surface area contributed by atoms with Gasteiger partial charge in [-0.25, -0.2) is 4.98 Å². The molecule has 0 amide bonds. The van der Waals surface area contributed by atoms with E-state index in [9.17, 15) is 0 Å². The molecule has 0 spiro atoms. The zero-order valence-electron chi connectivity index (χ0n) is 16.0. The number of aryl methyl sites for hydroxylation is 1. The summed E-state index contributed by atoms with van der Waals surface area (Å²) in [6, 6.07) is 12.2. The molecule has 1 saturated carbocycles. The third kappa shape index (κ3) is 3.22. The highest BCUT2D eigenvalue weighted by Gasteiger charge is 2.22. The monoisotopic (exact) mass is 374 g/mol. The number of ether oxygens (including phenoxy) is 1. The summed E-state index contributed by atoms with van der Waals surface area (Å²) in [5.74, 6) is 2.85. The molecule has 1 fully saturated rings. The number of anilines is 2. The highest BCUT2D eigenvalue weighted by molar-refractivity contribution is 5.92. The first-order valence-corrected chi connectivity index (χ1v) is 9.53. The highest BCUT2D eigenvalue weighted by atomic mass is 16.5. The Labute approximate surface area is 163 Å². The molecule has 5 rings (SSSR count). The highest BCUT2D eigenvalue weighted by Crippen LogP contribution is 2.35. The van der Waals surface area contributed by atoms with E-state index in [1.165, 1.54) is 12.8 Å². The van der Waals surface area contributed by atoms with E-state index in [0.717, 1.165) is 46.1 Å². The Morgan fingerprint density at radius 1 is 1.25 bits per heavy atom. The lowest BCUT2D eigenvalue weighted by Gasteiger charge is -2.11. The number of methoxy groups -OCH3 is 1. The lowest BCUT2D eigenvalue weighted by molar-refractivity contribution is 0.414. The molecule has 2 aromatic heterocycles. The number of rotatable bonds is 6. The third-order valence-corrected chi connectivity index (χ3v) is 5.09. The van der Waals surface area contributed by atoms with Gasteiger partial charge in [-0.05, 0) is 37.0 Å². The lowest BCUT2D eigenvalue weighted by atomic mass is 10.1.